The Kier molecular flexibility index (Phi) is 4.33. The van der Waals surface area contributed by atoms with Gasteiger partial charge in [0.05, 0.1) is 23.3 Å². The van der Waals surface area contributed by atoms with Crippen LogP contribution in [0.25, 0.3) is 10.2 Å². The van der Waals surface area contributed by atoms with Crippen molar-refractivity contribution in [3.05, 3.63) is 59.2 Å². The standard InChI is InChI=1S/C19H16N4O3S/c1-11-6-7-14-15(8-11)27-18(21-14)22-17(25)13-5-3-2-4-12(13)10-23-16(24)9-20-19(23)26/h2-8H,9-10H2,1H3,(H,20,26)(H,21,22,25). The Morgan fingerprint density at radius 3 is 2.85 bits per heavy atom. The van der Waals surface area contributed by atoms with Crippen molar-refractivity contribution in [3.8, 4) is 0 Å². The van der Waals surface area contributed by atoms with Crippen molar-refractivity contribution < 1.29 is 14.4 Å². The van der Waals surface area contributed by atoms with Crippen LogP contribution in [0.3, 0.4) is 0 Å². The Labute approximate surface area is 159 Å². The Bertz CT molecular complexity index is 1060. The lowest BCUT2D eigenvalue weighted by Crippen LogP contribution is -2.31. The summed E-state index contributed by atoms with van der Waals surface area (Å²) >= 11 is 1.40. The van der Waals surface area contributed by atoms with E-state index >= 15 is 0 Å². The van der Waals surface area contributed by atoms with Gasteiger partial charge in [-0.3, -0.25) is 19.8 Å². The molecule has 0 bridgehead atoms. The molecular weight excluding hydrogens is 364 g/mol. The highest BCUT2D eigenvalue weighted by molar-refractivity contribution is 7.22. The third kappa shape index (κ3) is 3.39. The molecule has 4 rings (SSSR count). The first-order valence-electron chi connectivity index (χ1n) is 8.36. The van der Waals surface area contributed by atoms with Gasteiger partial charge in [0.1, 0.15) is 0 Å². The molecule has 136 valence electrons. The van der Waals surface area contributed by atoms with Gasteiger partial charge in [0.2, 0.25) is 5.91 Å². The van der Waals surface area contributed by atoms with Gasteiger partial charge in [-0.1, -0.05) is 35.6 Å². The third-order valence-corrected chi connectivity index (χ3v) is 5.23. The first-order valence-corrected chi connectivity index (χ1v) is 9.17. The predicted octanol–water partition coefficient (Wildman–Crippen LogP) is 2.91. The number of urea groups is 1. The van der Waals surface area contributed by atoms with Crippen molar-refractivity contribution in [2.45, 2.75) is 13.5 Å². The van der Waals surface area contributed by atoms with E-state index in [0.717, 1.165) is 20.7 Å². The maximum absolute atomic E-state index is 12.8. The number of nitrogens with one attached hydrogen (secondary N) is 2. The molecule has 0 unspecified atom stereocenters. The monoisotopic (exact) mass is 380 g/mol. The summed E-state index contributed by atoms with van der Waals surface area (Å²) < 4.78 is 0.998. The average Bonchev–Trinajstić information content (AvgIpc) is 3.18. The quantitative estimate of drug-likeness (QED) is 0.681. The summed E-state index contributed by atoms with van der Waals surface area (Å²) in [6.07, 6.45) is 0. The van der Waals surface area contributed by atoms with E-state index in [9.17, 15) is 14.4 Å². The summed E-state index contributed by atoms with van der Waals surface area (Å²) in [6.45, 7) is 2.04. The average molecular weight is 380 g/mol. The Hall–Kier alpha value is -3.26. The first-order chi connectivity index (χ1) is 13.0. The van der Waals surface area contributed by atoms with Crippen LogP contribution in [0.2, 0.25) is 0 Å². The fraction of sp³-hybridized carbons (Fsp3) is 0.158. The number of carbonyl (C=O) groups is 3. The summed E-state index contributed by atoms with van der Waals surface area (Å²) in [5.41, 5.74) is 2.95. The van der Waals surface area contributed by atoms with E-state index in [1.165, 1.54) is 11.3 Å². The Balaban J connectivity index is 1.58. The lowest BCUT2D eigenvalue weighted by atomic mass is 10.1. The van der Waals surface area contributed by atoms with E-state index < -0.39 is 6.03 Å². The van der Waals surface area contributed by atoms with E-state index in [1.54, 1.807) is 24.3 Å². The number of anilines is 1. The lowest BCUT2D eigenvalue weighted by molar-refractivity contribution is -0.125. The smallest absolute Gasteiger partial charge is 0.324 e. The first kappa shape index (κ1) is 17.2. The van der Waals surface area contributed by atoms with Crippen molar-refractivity contribution in [1.29, 1.82) is 0 Å². The maximum atomic E-state index is 12.8. The molecule has 0 radical (unpaired) electrons. The number of hydrogen-bond donors (Lipinski definition) is 2. The number of rotatable bonds is 4. The number of carbonyl (C=O) groups excluding carboxylic acids is 3. The third-order valence-electron chi connectivity index (χ3n) is 4.29. The van der Waals surface area contributed by atoms with Crippen molar-refractivity contribution in [2.75, 3.05) is 11.9 Å². The van der Waals surface area contributed by atoms with Crippen molar-refractivity contribution in [1.82, 2.24) is 15.2 Å². The summed E-state index contributed by atoms with van der Waals surface area (Å²) in [5.74, 6) is -0.634. The van der Waals surface area contributed by atoms with Crippen LogP contribution >= 0.6 is 11.3 Å². The number of nitrogens with zero attached hydrogens (tertiary/aromatic N) is 2. The molecule has 1 aromatic heterocycles. The number of hydrogen-bond acceptors (Lipinski definition) is 5. The maximum Gasteiger partial charge on any atom is 0.324 e. The van der Waals surface area contributed by atoms with Crippen molar-refractivity contribution in [2.24, 2.45) is 0 Å². The van der Waals surface area contributed by atoms with Gasteiger partial charge >= 0.3 is 6.03 Å². The van der Waals surface area contributed by atoms with E-state index in [-0.39, 0.29) is 24.9 Å². The van der Waals surface area contributed by atoms with E-state index in [2.05, 4.69) is 15.6 Å². The van der Waals surface area contributed by atoms with Crippen LogP contribution < -0.4 is 10.6 Å². The molecule has 3 aromatic rings. The Morgan fingerprint density at radius 2 is 2.07 bits per heavy atom. The normalized spacial score (nSPS) is 13.9. The van der Waals surface area contributed by atoms with Crippen LogP contribution in [-0.2, 0) is 11.3 Å². The number of imide groups is 1. The fourth-order valence-electron chi connectivity index (χ4n) is 2.92. The number of aromatic nitrogens is 1. The summed E-state index contributed by atoms with van der Waals surface area (Å²) in [6, 6.07) is 12.4. The highest BCUT2D eigenvalue weighted by Crippen LogP contribution is 2.27. The van der Waals surface area contributed by atoms with E-state index in [4.69, 9.17) is 0 Å². The molecular formula is C19H16N4O3S. The lowest BCUT2D eigenvalue weighted by Gasteiger charge is -2.15. The van der Waals surface area contributed by atoms with Crippen molar-refractivity contribution >= 4 is 44.5 Å². The minimum Gasteiger partial charge on any atom is -0.329 e. The number of fused-ring (bicyclic) bond motifs is 1. The van der Waals surface area contributed by atoms with Gasteiger partial charge in [0, 0.05) is 5.56 Å². The molecule has 1 aliphatic heterocycles. The molecule has 0 aliphatic carbocycles. The second-order valence-corrected chi connectivity index (χ2v) is 7.27. The summed E-state index contributed by atoms with van der Waals surface area (Å²) in [7, 11) is 0. The van der Waals surface area contributed by atoms with Crippen LogP contribution in [0, 0.1) is 6.92 Å². The zero-order valence-electron chi connectivity index (χ0n) is 14.5. The van der Waals surface area contributed by atoms with Crippen LogP contribution in [0.4, 0.5) is 9.93 Å². The highest BCUT2D eigenvalue weighted by Gasteiger charge is 2.29. The molecule has 1 saturated heterocycles. The molecule has 2 heterocycles. The van der Waals surface area contributed by atoms with Crippen LogP contribution in [0.15, 0.2) is 42.5 Å². The molecule has 7 nitrogen and oxygen atoms in total. The zero-order chi connectivity index (χ0) is 19.0. The second-order valence-electron chi connectivity index (χ2n) is 6.24. The van der Waals surface area contributed by atoms with Gasteiger partial charge in [0.25, 0.3) is 5.91 Å². The van der Waals surface area contributed by atoms with Gasteiger partial charge in [-0.25, -0.2) is 9.78 Å². The summed E-state index contributed by atoms with van der Waals surface area (Å²) in [4.78, 5) is 41.9. The SMILES string of the molecule is Cc1ccc2nc(NC(=O)c3ccccc3CN3C(=O)CNC3=O)sc2c1. The zero-order valence-corrected chi connectivity index (χ0v) is 15.3. The van der Waals surface area contributed by atoms with Crippen LogP contribution in [0.5, 0.6) is 0 Å². The molecule has 0 saturated carbocycles. The molecule has 1 fully saturated rings. The van der Waals surface area contributed by atoms with Gasteiger partial charge in [-0.05, 0) is 36.2 Å². The molecule has 4 amide bonds. The van der Waals surface area contributed by atoms with Crippen LogP contribution in [-0.4, -0.2) is 34.3 Å². The Morgan fingerprint density at radius 1 is 1.26 bits per heavy atom. The van der Waals surface area contributed by atoms with Gasteiger partial charge in [0.15, 0.2) is 5.13 Å². The fourth-order valence-corrected chi connectivity index (χ4v) is 3.87. The van der Waals surface area contributed by atoms with Crippen molar-refractivity contribution in [3.63, 3.8) is 0 Å². The minimum absolute atomic E-state index is 0.0156. The van der Waals surface area contributed by atoms with E-state index in [0.29, 0.717) is 16.3 Å². The molecule has 2 aromatic carbocycles. The number of benzene rings is 2. The van der Waals surface area contributed by atoms with Gasteiger partial charge in [-0.15, -0.1) is 0 Å². The van der Waals surface area contributed by atoms with Gasteiger partial charge < -0.3 is 5.32 Å². The molecule has 0 atom stereocenters. The largest absolute Gasteiger partial charge is 0.329 e. The minimum atomic E-state index is -0.447. The molecule has 27 heavy (non-hydrogen) atoms. The molecule has 1 aliphatic rings. The second kappa shape index (κ2) is 6.81. The molecule has 0 spiro atoms. The van der Waals surface area contributed by atoms with Crippen LogP contribution in [0.1, 0.15) is 21.5 Å². The number of aryl methyl sites for hydroxylation is 1. The summed E-state index contributed by atoms with van der Waals surface area (Å²) in [5, 5.41) is 5.80. The van der Waals surface area contributed by atoms with E-state index in [1.807, 2.05) is 25.1 Å². The molecule has 2 N–H and O–H groups in total. The topological polar surface area (TPSA) is 91.4 Å². The van der Waals surface area contributed by atoms with Gasteiger partial charge in [-0.2, -0.15) is 0 Å². The number of amides is 4. The predicted molar refractivity (Wildman–Crippen MR) is 103 cm³/mol. The highest BCUT2D eigenvalue weighted by atomic mass is 32.1. The number of thiazole rings is 1. The molecule has 8 heteroatoms.